The molecular formula is C13H19NO5S. The summed E-state index contributed by atoms with van der Waals surface area (Å²) in [5.74, 6) is 0.640. The van der Waals surface area contributed by atoms with Gasteiger partial charge in [-0.25, -0.2) is 8.42 Å². The minimum absolute atomic E-state index is 0.173. The molecule has 1 aliphatic heterocycles. The first-order chi connectivity index (χ1) is 9.57. The third-order valence-corrected chi connectivity index (χ3v) is 4.96. The zero-order valence-corrected chi connectivity index (χ0v) is 12.2. The van der Waals surface area contributed by atoms with E-state index in [0.717, 1.165) is 0 Å². The van der Waals surface area contributed by atoms with Gasteiger partial charge in [0.15, 0.2) is 0 Å². The monoisotopic (exact) mass is 301 g/mol. The Morgan fingerprint density at radius 3 is 2.70 bits per heavy atom. The summed E-state index contributed by atoms with van der Waals surface area (Å²) in [4.78, 5) is 0.222. The van der Waals surface area contributed by atoms with Gasteiger partial charge in [-0.05, 0) is 31.2 Å². The number of sulfonamides is 1. The molecule has 112 valence electrons. The Morgan fingerprint density at radius 1 is 1.40 bits per heavy atom. The largest absolute Gasteiger partial charge is 0.494 e. The molecule has 1 fully saturated rings. The van der Waals surface area contributed by atoms with Gasteiger partial charge in [-0.1, -0.05) is 0 Å². The Morgan fingerprint density at radius 2 is 2.10 bits per heavy atom. The summed E-state index contributed by atoms with van der Waals surface area (Å²) >= 11 is 0. The molecule has 0 amide bonds. The van der Waals surface area contributed by atoms with Gasteiger partial charge in [-0.2, -0.15) is 4.31 Å². The van der Waals surface area contributed by atoms with Gasteiger partial charge in [0.2, 0.25) is 10.0 Å². The van der Waals surface area contributed by atoms with Crippen LogP contribution in [0.3, 0.4) is 0 Å². The molecule has 1 heterocycles. The lowest BCUT2D eigenvalue weighted by atomic mass is 10.3. The van der Waals surface area contributed by atoms with Crippen molar-refractivity contribution < 1.29 is 23.0 Å². The van der Waals surface area contributed by atoms with Crippen LogP contribution >= 0.6 is 0 Å². The average Bonchev–Trinajstić information content (AvgIpc) is 2.48. The first-order valence-corrected chi connectivity index (χ1v) is 7.97. The van der Waals surface area contributed by atoms with Crippen LogP contribution in [-0.2, 0) is 14.8 Å². The topological polar surface area (TPSA) is 76.1 Å². The van der Waals surface area contributed by atoms with Crippen LogP contribution in [0.15, 0.2) is 29.2 Å². The van der Waals surface area contributed by atoms with E-state index in [-0.39, 0.29) is 18.0 Å². The van der Waals surface area contributed by atoms with Gasteiger partial charge in [0.1, 0.15) is 5.75 Å². The molecule has 0 radical (unpaired) electrons. The third kappa shape index (κ3) is 3.29. The minimum atomic E-state index is -3.55. The zero-order valence-electron chi connectivity index (χ0n) is 11.4. The fraction of sp³-hybridized carbons (Fsp3) is 0.538. The summed E-state index contributed by atoms with van der Waals surface area (Å²) in [5, 5.41) is 9.08. The fourth-order valence-corrected chi connectivity index (χ4v) is 3.50. The lowest BCUT2D eigenvalue weighted by molar-refractivity contribution is -0.0304. The van der Waals surface area contributed by atoms with Crippen molar-refractivity contribution in [2.75, 3.05) is 32.9 Å². The van der Waals surface area contributed by atoms with Crippen molar-refractivity contribution in [3.8, 4) is 5.75 Å². The first kappa shape index (κ1) is 15.2. The third-order valence-electron chi connectivity index (χ3n) is 3.08. The van der Waals surface area contributed by atoms with Gasteiger partial charge < -0.3 is 14.6 Å². The van der Waals surface area contributed by atoms with Gasteiger partial charge >= 0.3 is 0 Å². The molecule has 20 heavy (non-hydrogen) atoms. The van der Waals surface area contributed by atoms with Crippen molar-refractivity contribution in [3.63, 3.8) is 0 Å². The van der Waals surface area contributed by atoms with Crippen LogP contribution in [0.2, 0.25) is 0 Å². The number of benzene rings is 1. The summed E-state index contributed by atoms with van der Waals surface area (Å²) in [6.07, 6.45) is -0.457. The van der Waals surface area contributed by atoms with Crippen LogP contribution in [-0.4, -0.2) is 56.8 Å². The van der Waals surface area contributed by atoms with E-state index in [9.17, 15) is 8.42 Å². The van der Waals surface area contributed by atoms with Gasteiger partial charge in [0, 0.05) is 13.1 Å². The highest BCUT2D eigenvalue weighted by Gasteiger charge is 2.30. The molecule has 0 saturated carbocycles. The van der Waals surface area contributed by atoms with E-state index < -0.39 is 16.1 Å². The molecule has 1 atom stereocenters. The van der Waals surface area contributed by atoms with Gasteiger partial charge in [0.25, 0.3) is 0 Å². The van der Waals surface area contributed by atoms with Crippen LogP contribution in [0.4, 0.5) is 0 Å². The summed E-state index contributed by atoms with van der Waals surface area (Å²) < 4.78 is 36.8. The Labute approximate surface area is 119 Å². The molecule has 0 aliphatic carbocycles. The standard InChI is InChI=1S/C13H19NO5S/c1-2-18-11-3-5-13(6-4-11)20(16,17)14-7-8-19-12(9-14)10-15/h3-6,12,15H,2,7-10H2,1H3. The van der Waals surface area contributed by atoms with E-state index in [0.29, 0.717) is 25.5 Å². The smallest absolute Gasteiger partial charge is 0.243 e. The fourth-order valence-electron chi connectivity index (χ4n) is 2.04. The van der Waals surface area contributed by atoms with Crippen LogP contribution < -0.4 is 4.74 Å². The summed E-state index contributed by atoms with van der Waals surface area (Å²) in [6, 6.07) is 6.34. The SMILES string of the molecule is CCOc1ccc(S(=O)(=O)N2CCOC(CO)C2)cc1. The van der Waals surface area contributed by atoms with Gasteiger partial charge in [-0.15, -0.1) is 0 Å². The molecule has 0 spiro atoms. The molecule has 1 aromatic carbocycles. The number of nitrogens with zero attached hydrogens (tertiary/aromatic N) is 1. The maximum Gasteiger partial charge on any atom is 0.243 e. The van der Waals surface area contributed by atoms with E-state index in [1.54, 1.807) is 12.1 Å². The Balaban J connectivity index is 2.16. The van der Waals surface area contributed by atoms with Crippen LogP contribution in [0.25, 0.3) is 0 Å². The van der Waals surface area contributed by atoms with Crippen LogP contribution in [0.1, 0.15) is 6.92 Å². The van der Waals surface area contributed by atoms with Crippen molar-refractivity contribution in [3.05, 3.63) is 24.3 Å². The molecule has 0 bridgehead atoms. The lowest BCUT2D eigenvalue weighted by Gasteiger charge is -2.31. The number of hydrogen-bond acceptors (Lipinski definition) is 5. The first-order valence-electron chi connectivity index (χ1n) is 6.53. The normalized spacial score (nSPS) is 20.8. The summed E-state index contributed by atoms with van der Waals surface area (Å²) in [7, 11) is -3.55. The zero-order chi connectivity index (χ0) is 14.6. The second-order valence-electron chi connectivity index (χ2n) is 4.44. The van der Waals surface area contributed by atoms with E-state index >= 15 is 0 Å². The maximum absolute atomic E-state index is 12.5. The molecule has 1 N–H and O–H groups in total. The number of morpholine rings is 1. The molecule has 7 heteroatoms. The predicted molar refractivity (Wildman–Crippen MR) is 73.2 cm³/mol. The molecule has 2 rings (SSSR count). The highest BCUT2D eigenvalue weighted by molar-refractivity contribution is 7.89. The van der Waals surface area contributed by atoms with E-state index in [1.807, 2.05) is 6.92 Å². The average molecular weight is 301 g/mol. The van der Waals surface area contributed by atoms with Crippen molar-refractivity contribution in [1.82, 2.24) is 4.31 Å². The van der Waals surface area contributed by atoms with Crippen molar-refractivity contribution in [2.45, 2.75) is 17.9 Å². The Bertz CT molecular complexity index is 528. The lowest BCUT2D eigenvalue weighted by Crippen LogP contribution is -2.46. The number of aliphatic hydroxyl groups is 1. The number of rotatable bonds is 5. The van der Waals surface area contributed by atoms with E-state index in [4.69, 9.17) is 14.6 Å². The summed E-state index contributed by atoms with van der Waals surface area (Å²) in [5.41, 5.74) is 0. The molecule has 1 aliphatic rings. The Kier molecular flexibility index (Phi) is 4.98. The van der Waals surface area contributed by atoms with Crippen molar-refractivity contribution in [2.24, 2.45) is 0 Å². The van der Waals surface area contributed by atoms with E-state index in [2.05, 4.69) is 0 Å². The highest BCUT2D eigenvalue weighted by Crippen LogP contribution is 2.21. The molecule has 0 aromatic heterocycles. The Hall–Kier alpha value is -1.15. The second-order valence-corrected chi connectivity index (χ2v) is 6.38. The highest BCUT2D eigenvalue weighted by atomic mass is 32.2. The van der Waals surface area contributed by atoms with Gasteiger partial charge in [-0.3, -0.25) is 0 Å². The number of hydrogen-bond donors (Lipinski definition) is 1. The van der Waals surface area contributed by atoms with Crippen LogP contribution in [0, 0.1) is 0 Å². The minimum Gasteiger partial charge on any atom is -0.494 e. The van der Waals surface area contributed by atoms with Crippen LogP contribution in [0.5, 0.6) is 5.75 Å². The molecule has 1 saturated heterocycles. The quantitative estimate of drug-likeness (QED) is 0.855. The van der Waals surface area contributed by atoms with Crippen molar-refractivity contribution in [1.29, 1.82) is 0 Å². The molecule has 6 nitrogen and oxygen atoms in total. The van der Waals surface area contributed by atoms with Gasteiger partial charge in [0.05, 0.1) is 30.8 Å². The maximum atomic E-state index is 12.5. The summed E-state index contributed by atoms with van der Waals surface area (Å²) in [6.45, 7) is 2.98. The second kappa shape index (κ2) is 6.53. The van der Waals surface area contributed by atoms with Crippen molar-refractivity contribution >= 4 is 10.0 Å². The molecule has 1 unspecified atom stereocenters. The van der Waals surface area contributed by atoms with E-state index in [1.165, 1.54) is 16.4 Å². The molecule has 1 aromatic rings. The number of aliphatic hydroxyl groups excluding tert-OH is 1. The number of ether oxygens (including phenoxy) is 2. The molecular weight excluding hydrogens is 282 g/mol. The predicted octanol–water partition coefficient (Wildman–Crippen LogP) is 0.467.